The first-order valence-corrected chi connectivity index (χ1v) is 7.94. The molecule has 1 aliphatic rings. The van der Waals surface area contributed by atoms with Crippen LogP contribution in [-0.4, -0.2) is 37.2 Å². The maximum Gasteiger partial charge on any atom is 0.119 e. The molecule has 112 valence electrons. The van der Waals surface area contributed by atoms with Crippen molar-refractivity contribution in [2.75, 3.05) is 31.6 Å². The Morgan fingerprint density at radius 2 is 2.05 bits per heavy atom. The van der Waals surface area contributed by atoms with Gasteiger partial charge in [0.25, 0.3) is 0 Å². The molecule has 1 heterocycles. The normalized spacial score (nSPS) is 21.4. The van der Waals surface area contributed by atoms with Crippen LogP contribution in [-0.2, 0) is 0 Å². The van der Waals surface area contributed by atoms with Gasteiger partial charge in [0.1, 0.15) is 5.75 Å². The van der Waals surface area contributed by atoms with Gasteiger partial charge in [0, 0.05) is 18.3 Å². The van der Waals surface area contributed by atoms with Crippen LogP contribution in [0, 0.1) is 5.92 Å². The minimum atomic E-state index is 0.516. The van der Waals surface area contributed by atoms with Crippen LogP contribution in [0.3, 0.4) is 0 Å². The van der Waals surface area contributed by atoms with Crippen molar-refractivity contribution in [3.63, 3.8) is 0 Å². The zero-order chi connectivity index (χ0) is 14.4. The third-order valence-corrected chi connectivity index (χ3v) is 4.26. The smallest absolute Gasteiger partial charge is 0.119 e. The van der Waals surface area contributed by atoms with E-state index in [1.54, 1.807) is 0 Å². The first-order chi connectivity index (χ1) is 9.72. The summed E-state index contributed by atoms with van der Waals surface area (Å²) in [7, 11) is 0. The van der Waals surface area contributed by atoms with Crippen LogP contribution >= 0.6 is 0 Å². The third-order valence-electron chi connectivity index (χ3n) is 4.26. The molecule has 0 saturated carbocycles. The summed E-state index contributed by atoms with van der Waals surface area (Å²) >= 11 is 0. The van der Waals surface area contributed by atoms with E-state index in [0.717, 1.165) is 18.3 Å². The molecule has 2 rings (SSSR count). The summed E-state index contributed by atoms with van der Waals surface area (Å²) in [6.45, 7) is 11.0. The van der Waals surface area contributed by atoms with Crippen molar-refractivity contribution in [3.05, 3.63) is 24.3 Å². The minimum absolute atomic E-state index is 0.516. The van der Waals surface area contributed by atoms with Crippen LogP contribution in [0.15, 0.2) is 24.3 Å². The van der Waals surface area contributed by atoms with E-state index in [4.69, 9.17) is 4.74 Å². The number of rotatable bonds is 6. The molecule has 3 heteroatoms. The molecule has 0 radical (unpaired) electrons. The van der Waals surface area contributed by atoms with Crippen molar-refractivity contribution < 1.29 is 4.74 Å². The van der Waals surface area contributed by atoms with E-state index in [9.17, 15) is 0 Å². The Kier molecular flexibility index (Phi) is 5.72. The maximum absolute atomic E-state index is 5.48. The van der Waals surface area contributed by atoms with Crippen molar-refractivity contribution in [3.8, 4) is 5.75 Å². The Labute approximate surface area is 123 Å². The number of hydrogen-bond donors (Lipinski definition) is 1. The average Bonchev–Trinajstić information content (AvgIpc) is 2.49. The molecule has 1 N–H and O–H groups in total. The molecule has 0 spiro atoms. The van der Waals surface area contributed by atoms with E-state index < -0.39 is 0 Å². The van der Waals surface area contributed by atoms with Gasteiger partial charge in [-0.3, -0.25) is 0 Å². The third kappa shape index (κ3) is 4.14. The first-order valence-electron chi connectivity index (χ1n) is 7.94. The van der Waals surface area contributed by atoms with Gasteiger partial charge in [0.2, 0.25) is 0 Å². The zero-order valence-corrected chi connectivity index (χ0v) is 13.1. The monoisotopic (exact) mass is 276 g/mol. The summed E-state index contributed by atoms with van der Waals surface area (Å²) < 4.78 is 5.48. The molecule has 20 heavy (non-hydrogen) atoms. The number of ether oxygens (including phenoxy) is 1. The molecule has 0 aromatic heterocycles. The van der Waals surface area contributed by atoms with Gasteiger partial charge in [-0.25, -0.2) is 0 Å². The molecular formula is C17H28N2O. The van der Waals surface area contributed by atoms with E-state index in [2.05, 4.69) is 36.2 Å². The molecule has 0 aliphatic carbocycles. The van der Waals surface area contributed by atoms with Gasteiger partial charge in [-0.15, -0.1) is 0 Å². The molecule has 1 aliphatic heterocycles. The van der Waals surface area contributed by atoms with E-state index >= 15 is 0 Å². The lowest BCUT2D eigenvalue weighted by molar-refractivity contribution is 0.172. The van der Waals surface area contributed by atoms with Gasteiger partial charge in [0.05, 0.1) is 6.61 Å². The fraction of sp³-hybridized carbons (Fsp3) is 0.647. The second kappa shape index (κ2) is 7.53. The maximum atomic E-state index is 5.48. The molecule has 2 atom stereocenters. The van der Waals surface area contributed by atoms with Crippen molar-refractivity contribution in [1.29, 1.82) is 0 Å². The number of benzene rings is 1. The SMILES string of the molecule is CCOc1ccc(NC(C)C2CCCN(CC)C2)cc1. The van der Waals surface area contributed by atoms with Crippen LogP contribution in [0.2, 0.25) is 0 Å². The molecule has 2 unspecified atom stereocenters. The first kappa shape index (κ1) is 15.2. The highest BCUT2D eigenvalue weighted by molar-refractivity contribution is 5.47. The van der Waals surface area contributed by atoms with Gasteiger partial charge in [-0.1, -0.05) is 6.92 Å². The molecule has 3 nitrogen and oxygen atoms in total. The van der Waals surface area contributed by atoms with Crippen LogP contribution in [0.25, 0.3) is 0 Å². The van der Waals surface area contributed by atoms with Gasteiger partial charge in [0.15, 0.2) is 0 Å². The molecule has 1 fully saturated rings. The minimum Gasteiger partial charge on any atom is -0.494 e. The Morgan fingerprint density at radius 3 is 2.70 bits per heavy atom. The van der Waals surface area contributed by atoms with Crippen molar-refractivity contribution >= 4 is 5.69 Å². The molecule has 1 saturated heterocycles. The van der Waals surface area contributed by atoms with Crippen LogP contribution in [0.4, 0.5) is 5.69 Å². The summed E-state index contributed by atoms with van der Waals surface area (Å²) in [4.78, 5) is 2.56. The lowest BCUT2D eigenvalue weighted by atomic mass is 9.91. The zero-order valence-electron chi connectivity index (χ0n) is 13.1. The van der Waals surface area contributed by atoms with E-state index in [1.807, 2.05) is 19.1 Å². The van der Waals surface area contributed by atoms with Crippen LogP contribution in [0.5, 0.6) is 5.75 Å². The summed E-state index contributed by atoms with van der Waals surface area (Å²) in [6.07, 6.45) is 2.66. The van der Waals surface area contributed by atoms with Crippen molar-refractivity contribution in [2.24, 2.45) is 5.92 Å². The second-order valence-corrected chi connectivity index (χ2v) is 5.69. The van der Waals surface area contributed by atoms with E-state index in [0.29, 0.717) is 6.04 Å². The number of likely N-dealkylation sites (tertiary alicyclic amines) is 1. The Bertz CT molecular complexity index is 390. The summed E-state index contributed by atoms with van der Waals surface area (Å²) in [5, 5.41) is 3.64. The molecule has 0 amide bonds. The standard InChI is InChI=1S/C17H28N2O/c1-4-19-12-6-7-15(13-19)14(3)18-16-8-10-17(11-9-16)20-5-2/h8-11,14-15,18H,4-7,12-13H2,1-3H3. The van der Waals surface area contributed by atoms with Crippen molar-refractivity contribution in [1.82, 2.24) is 4.90 Å². The summed E-state index contributed by atoms with van der Waals surface area (Å²) in [5.41, 5.74) is 1.19. The van der Waals surface area contributed by atoms with E-state index in [1.165, 1.54) is 38.2 Å². The van der Waals surface area contributed by atoms with Crippen LogP contribution < -0.4 is 10.1 Å². The topological polar surface area (TPSA) is 24.5 Å². The molecule has 0 bridgehead atoms. The van der Waals surface area contributed by atoms with E-state index in [-0.39, 0.29) is 0 Å². The van der Waals surface area contributed by atoms with Gasteiger partial charge in [-0.2, -0.15) is 0 Å². The van der Waals surface area contributed by atoms with Gasteiger partial charge >= 0.3 is 0 Å². The predicted molar refractivity (Wildman–Crippen MR) is 85.5 cm³/mol. The Balaban J connectivity index is 1.88. The Hall–Kier alpha value is -1.22. The van der Waals surface area contributed by atoms with Crippen molar-refractivity contribution in [2.45, 2.75) is 39.7 Å². The number of anilines is 1. The highest BCUT2D eigenvalue weighted by Gasteiger charge is 2.23. The fourth-order valence-electron chi connectivity index (χ4n) is 2.98. The molecular weight excluding hydrogens is 248 g/mol. The second-order valence-electron chi connectivity index (χ2n) is 5.69. The lowest BCUT2D eigenvalue weighted by Crippen LogP contribution is -2.41. The largest absolute Gasteiger partial charge is 0.494 e. The van der Waals surface area contributed by atoms with Crippen LogP contribution in [0.1, 0.15) is 33.6 Å². The summed E-state index contributed by atoms with van der Waals surface area (Å²) in [6, 6.07) is 8.82. The number of nitrogens with zero attached hydrogens (tertiary/aromatic N) is 1. The van der Waals surface area contributed by atoms with Gasteiger partial charge in [-0.05, 0) is 70.0 Å². The number of hydrogen-bond acceptors (Lipinski definition) is 3. The predicted octanol–water partition coefficient (Wildman–Crippen LogP) is 3.62. The average molecular weight is 276 g/mol. The fourth-order valence-corrected chi connectivity index (χ4v) is 2.98. The quantitative estimate of drug-likeness (QED) is 0.859. The highest BCUT2D eigenvalue weighted by atomic mass is 16.5. The highest BCUT2D eigenvalue weighted by Crippen LogP contribution is 2.23. The number of nitrogens with one attached hydrogen (secondary N) is 1. The molecule has 1 aromatic carbocycles. The Morgan fingerprint density at radius 1 is 1.30 bits per heavy atom. The van der Waals surface area contributed by atoms with Gasteiger partial charge < -0.3 is 15.0 Å². The summed E-state index contributed by atoms with van der Waals surface area (Å²) in [5.74, 6) is 1.69. The molecule has 1 aromatic rings. The number of piperidine rings is 1. The lowest BCUT2D eigenvalue weighted by Gasteiger charge is -2.35.